The molecular weight excluding hydrogens is 583 g/mol. The Bertz CT molecular complexity index is 1520. The molecule has 222 valence electrons. The van der Waals surface area contributed by atoms with Crippen molar-refractivity contribution in [3.8, 4) is 11.3 Å². The molecule has 2 aliphatic rings. The molecule has 2 N–H and O–H groups in total. The number of carboxylic acid groups (broad SMARTS) is 1. The van der Waals surface area contributed by atoms with Crippen LogP contribution in [0.3, 0.4) is 0 Å². The number of thiazole rings is 1. The van der Waals surface area contributed by atoms with Crippen molar-refractivity contribution < 1.29 is 36.6 Å². The van der Waals surface area contributed by atoms with Crippen LogP contribution in [-0.4, -0.2) is 62.1 Å². The number of benzene rings is 1. The molecule has 2 aliphatic heterocycles. The predicted octanol–water partition coefficient (Wildman–Crippen LogP) is 5.51. The Morgan fingerprint density at radius 1 is 1.12 bits per heavy atom. The van der Waals surface area contributed by atoms with E-state index in [1.165, 1.54) is 12.4 Å². The van der Waals surface area contributed by atoms with Gasteiger partial charge in [0.2, 0.25) is 5.67 Å². The largest absolute Gasteiger partial charge is 0.479 e. The molecule has 0 spiro atoms. The summed E-state index contributed by atoms with van der Waals surface area (Å²) >= 11 is 1.04. The fourth-order valence-corrected chi connectivity index (χ4v) is 5.84. The van der Waals surface area contributed by atoms with Crippen molar-refractivity contribution in [1.29, 1.82) is 0 Å². The van der Waals surface area contributed by atoms with Crippen molar-refractivity contribution in [3.05, 3.63) is 64.8 Å². The summed E-state index contributed by atoms with van der Waals surface area (Å²) in [7, 11) is 0. The molecule has 0 unspecified atom stereocenters. The molecule has 2 saturated heterocycles. The minimum atomic E-state index is -4.77. The van der Waals surface area contributed by atoms with Crippen LogP contribution in [0.15, 0.2) is 42.9 Å². The molecule has 5 rings (SSSR count). The van der Waals surface area contributed by atoms with Gasteiger partial charge in [0.25, 0.3) is 5.91 Å². The van der Waals surface area contributed by atoms with E-state index in [-0.39, 0.29) is 54.6 Å². The van der Waals surface area contributed by atoms with E-state index in [9.17, 15) is 31.5 Å². The number of alkyl halides is 4. The second kappa shape index (κ2) is 11.3. The Morgan fingerprint density at radius 3 is 2.45 bits per heavy atom. The smallest absolute Gasteiger partial charge is 0.416 e. The summed E-state index contributed by atoms with van der Waals surface area (Å²) in [5.41, 5.74) is -2.65. The Labute approximate surface area is 240 Å². The summed E-state index contributed by atoms with van der Waals surface area (Å²) in [6, 6.07) is 2.19. The number of hydrogen-bond acceptors (Lipinski definition) is 8. The molecule has 15 heteroatoms. The highest BCUT2D eigenvalue weighted by atomic mass is 32.1. The van der Waals surface area contributed by atoms with Crippen LogP contribution in [0.25, 0.3) is 11.3 Å². The third-order valence-electron chi connectivity index (χ3n) is 7.23. The van der Waals surface area contributed by atoms with E-state index in [0.717, 1.165) is 42.0 Å². The van der Waals surface area contributed by atoms with Crippen molar-refractivity contribution in [3.63, 3.8) is 0 Å². The monoisotopic (exact) mass is 608 g/mol. The van der Waals surface area contributed by atoms with Gasteiger partial charge in [0.15, 0.2) is 5.13 Å². The number of allylic oxidation sites excluding steroid dienone is 1. The quantitative estimate of drug-likeness (QED) is 0.338. The molecule has 0 saturated carbocycles. The van der Waals surface area contributed by atoms with Gasteiger partial charge in [-0.05, 0) is 31.0 Å². The molecule has 1 aromatic carbocycles. The number of nitrogens with zero attached hydrogens (tertiary/aromatic N) is 5. The fraction of sp³-hybridized carbons (Fsp3) is 0.370. The average molecular weight is 609 g/mol. The molecule has 9 nitrogen and oxygen atoms in total. The van der Waals surface area contributed by atoms with Crippen LogP contribution in [0.4, 0.5) is 32.9 Å². The van der Waals surface area contributed by atoms with Gasteiger partial charge in [-0.25, -0.2) is 28.5 Å². The lowest BCUT2D eigenvalue weighted by Crippen LogP contribution is -2.46. The number of likely N-dealkylation sites (tertiary alicyclic amines) is 1. The van der Waals surface area contributed by atoms with Crippen LogP contribution < -0.4 is 10.2 Å². The molecule has 4 heterocycles. The number of carboxylic acids is 1. The van der Waals surface area contributed by atoms with Crippen LogP contribution in [0.1, 0.15) is 46.6 Å². The number of piperidine rings is 1. The van der Waals surface area contributed by atoms with Gasteiger partial charge in [0, 0.05) is 43.7 Å². The molecule has 2 aromatic heterocycles. The van der Waals surface area contributed by atoms with Crippen LogP contribution in [0, 0.1) is 5.82 Å². The summed E-state index contributed by atoms with van der Waals surface area (Å²) in [5, 5.41) is 11.7. The maximum absolute atomic E-state index is 14.3. The van der Waals surface area contributed by atoms with E-state index in [2.05, 4.69) is 26.8 Å². The lowest BCUT2D eigenvalue weighted by molar-refractivity contribution is -0.152. The minimum Gasteiger partial charge on any atom is -0.479 e. The van der Waals surface area contributed by atoms with E-state index in [4.69, 9.17) is 5.11 Å². The number of aliphatic carboxylic acids is 1. The first kappa shape index (κ1) is 29.4. The van der Waals surface area contributed by atoms with Gasteiger partial charge in [-0.1, -0.05) is 17.9 Å². The first-order chi connectivity index (χ1) is 19.8. The fourth-order valence-electron chi connectivity index (χ4n) is 4.85. The highest BCUT2D eigenvalue weighted by Crippen LogP contribution is 2.38. The van der Waals surface area contributed by atoms with Crippen LogP contribution in [-0.2, 0) is 17.5 Å². The number of amides is 1. The van der Waals surface area contributed by atoms with E-state index >= 15 is 0 Å². The number of aromatic nitrogens is 3. The molecule has 3 aromatic rings. The van der Waals surface area contributed by atoms with Crippen LogP contribution in [0.5, 0.6) is 0 Å². The maximum atomic E-state index is 14.3. The molecule has 0 aliphatic carbocycles. The van der Waals surface area contributed by atoms with Crippen molar-refractivity contribution >= 4 is 34.2 Å². The zero-order valence-corrected chi connectivity index (χ0v) is 22.9. The van der Waals surface area contributed by atoms with Crippen molar-refractivity contribution in [1.82, 2.24) is 19.9 Å². The van der Waals surface area contributed by atoms with E-state index in [1.54, 1.807) is 4.90 Å². The van der Waals surface area contributed by atoms with E-state index in [0.29, 0.717) is 23.3 Å². The standard InChI is InChI=1S/C27H25F5N6O3S/c1-15-3-2-6-38(15)14-20-22(16-9-17(27(30,31)32)11-18(28)10-16)35-25(42-20)36-23(39)19-12-34-21(13-33-19)37-7-4-26(29,5-8-37)24(40)41/h9-13H,1-8,14H2,(H,40,41)(H,35,36,39). The van der Waals surface area contributed by atoms with Crippen molar-refractivity contribution in [2.75, 3.05) is 29.9 Å². The Balaban J connectivity index is 1.36. The van der Waals surface area contributed by atoms with Crippen LogP contribution >= 0.6 is 11.3 Å². The van der Waals surface area contributed by atoms with Gasteiger partial charge < -0.3 is 14.9 Å². The molecule has 0 radical (unpaired) electrons. The number of carbonyl (C=O) groups is 2. The van der Waals surface area contributed by atoms with Gasteiger partial charge >= 0.3 is 12.1 Å². The van der Waals surface area contributed by atoms with E-state index < -0.39 is 35.1 Å². The predicted molar refractivity (Wildman–Crippen MR) is 144 cm³/mol. The number of hydrogen-bond donors (Lipinski definition) is 2. The number of nitrogens with one attached hydrogen (secondary N) is 1. The summed E-state index contributed by atoms with van der Waals surface area (Å²) in [5.74, 6) is -2.92. The topological polar surface area (TPSA) is 112 Å². The number of halogens is 5. The van der Waals surface area contributed by atoms with Gasteiger partial charge in [-0.3, -0.25) is 10.1 Å². The zero-order chi connectivity index (χ0) is 30.2. The average Bonchev–Trinajstić information content (AvgIpc) is 3.53. The lowest BCUT2D eigenvalue weighted by atomic mass is 9.93. The van der Waals surface area contributed by atoms with Gasteiger partial charge in [-0.15, -0.1) is 0 Å². The normalized spacial score (nSPS) is 17.0. The van der Waals surface area contributed by atoms with E-state index in [1.807, 2.05) is 4.90 Å². The zero-order valence-electron chi connectivity index (χ0n) is 22.0. The second-order valence-corrected chi connectivity index (χ2v) is 11.2. The first-order valence-corrected chi connectivity index (χ1v) is 13.8. The van der Waals surface area contributed by atoms with Gasteiger partial charge in [0.05, 0.1) is 35.1 Å². The maximum Gasteiger partial charge on any atom is 0.416 e. The number of anilines is 2. The van der Waals surface area contributed by atoms with Gasteiger partial charge in [-0.2, -0.15) is 13.2 Å². The number of carbonyl (C=O) groups excluding carboxylic acids is 1. The lowest BCUT2D eigenvalue weighted by Gasteiger charge is -2.34. The minimum absolute atomic E-state index is 0.0718. The van der Waals surface area contributed by atoms with Crippen molar-refractivity contribution in [2.45, 2.75) is 44.1 Å². The summed E-state index contributed by atoms with van der Waals surface area (Å²) in [6.45, 7) is 5.18. The van der Waals surface area contributed by atoms with Crippen molar-refractivity contribution in [2.24, 2.45) is 0 Å². The number of rotatable bonds is 7. The second-order valence-electron chi connectivity index (χ2n) is 10.1. The Hall–Kier alpha value is -4.14. The molecule has 0 bridgehead atoms. The van der Waals surface area contributed by atoms with Crippen LogP contribution in [0.2, 0.25) is 0 Å². The molecule has 2 fully saturated rings. The summed E-state index contributed by atoms with van der Waals surface area (Å²) in [6.07, 6.45) is -1.05. The highest BCUT2D eigenvalue weighted by molar-refractivity contribution is 7.16. The molecule has 0 atom stereocenters. The third kappa shape index (κ3) is 6.20. The molecular formula is C27H25F5N6O3S. The van der Waals surface area contributed by atoms with Gasteiger partial charge in [0.1, 0.15) is 17.3 Å². The molecule has 42 heavy (non-hydrogen) atoms. The Kier molecular flexibility index (Phi) is 7.88. The third-order valence-corrected chi connectivity index (χ3v) is 8.18. The first-order valence-electron chi connectivity index (χ1n) is 12.9. The Morgan fingerprint density at radius 2 is 1.86 bits per heavy atom. The summed E-state index contributed by atoms with van der Waals surface area (Å²) in [4.78, 5) is 40.9. The SMILES string of the molecule is C=C1CCCN1Cc1sc(NC(=O)c2cnc(N3CCC(F)(C(=O)O)CC3)cn2)nc1-c1cc(F)cc(C(F)(F)F)c1. The molecule has 1 amide bonds. The summed E-state index contributed by atoms with van der Waals surface area (Å²) < 4.78 is 68.8. The highest BCUT2D eigenvalue weighted by Gasteiger charge is 2.42.